The lowest BCUT2D eigenvalue weighted by Crippen LogP contribution is -2.38. The van der Waals surface area contributed by atoms with Gasteiger partial charge < -0.3 is 10.6 Å². The van der Waals surface area contributed by atoms with Crippen LogP contribution in [0.2, 0.25) is 0 Å². The number of anilines is 1. The molecule has 2 atom stereocenters. The SMILES string of the molecule is CCNc1nccc(C(=O)NC2CCCC(C)C2)c1F. The first kappa shape index (κ1) is 14.8. The normalized spacial score (nSPS) is 22.4. The second kappa shape index (κ2) is 6.68. The molecule has 2 N–H and O–H groups in total. The van der Waals surface area contributed by atoms with Gasteiger partial charge in [0.15, 0.2) is 11.6 Å². The molecule has 0 aromatic carbocycles. The van der Waals surface area contributed by atoms with Gasteiger partial charge in [0.1, 0.15) is 0 Å². The number of carbonyl (C=O) groups is 1. The van der Waals surface area contributed by atoms with Crippen molar-refractivity contribution < 1.29 is 9.18 Å². The van der Waals surface area contributed by atoms with Crippen LogP contribution in [-0.2, 0) is 0 Å². The smallest absolute Gasteiger partial charge is 0.254 e. The van der Waals surface area contributed by atoms with Gasteiger partial charge in [-0.2, -0.15) is 0 Å². The molecule has 0 radical (unpaired) electrons. The molecule has 0 spiro atoms. The highest BCUT2D eigenvalue weighted by Gasteiger charge is 2.23. The Kier molecular flexibility index (Phi) is 4.93. The Balaban J connectivity index is 2.07. The summed E-state index contributed by atoms with van der Waals surface area (Å²) in [7, 11) is 0. The first-order valence-electron chi connectivity index (χ1n) is 7.31. The molecule has 0 aliphatic heterocycles. The van der Waals surface area contributed by atoms with Crippen LogP contribution in [0.4, 0.5) is 10.2 Å². The number of amides is 1. The molecule has 1 heterocycles. The Morgan fingerprint density at radius 1 is 1.50 bits per heavy atom. The average Bonchev–Trinajstić information content (AvgIpc) is 2.41. The van der Waals surface area contributed by atoms with Gasteiger partial charge >= 0.3 is 0 Å². The molecular weight excluding hydrogens is 257 g/mol. The quantitative estimate of drug-likeness (QED) is 0.891. The Morgan fingerprint density at radius 2 is 2.30 bits per heavy atom. The molecule has 2 rings (SSSR count). The summed E-state index contributed by atoms with van der Waals surface area (Å²) < 4.78 is 14.2. The highest BCUT2D eigenvalue weighted by Crippen LogP contribution is 2.24. The third kappa shape index (κ3) is 3.46. The highest BCUT2D eigenvalue weighted by atomic mass is 19.1. The molecular formula is C15H22FN3O. The first-order chi connectivity index (χ1) is 9.61. The summed E-state index contributed by atoms with van der Waals surface area (Å²) >= 11 is 0. The standard InChI is InChI=1S/C15H22FN3O/c1-3-17-14-13(16)12(7-8-18-14)15(20)19-11-6-4-5-10(2)9-11/h7-8,10-11H,3-6,9H2,1-2H3,(H,17,18)(H,19,20). The molecule has 20 heavy (non-hydrogen) atoms. The number of nitrogens with one attached hydrogen (secondary N) is 2. The third-order valence-corrected chi connectivity index (χ3v) is 3.75. The van der Waals surface area contributed by atoms with E-state index in [1.165, 1.54) is 18.7 Å². The lowest BCUT2D eigenvalue weighted by molar-refractivity contribution is 0.0917. The van der Waals surface area contributed by atoms with Gasteiger partial charge in [0.25, 0.3) is 5.91 Å². The van der Waals surface area contributed by atoms with Crippen LogP contribution in [0.25, 0.3) is 0 Å². The van der Waals surface area contributed by atoms with Crippen molar-refractivity contribution in [2.24, 2.45) is 5.92 Å². The molecule has 1 aromatic heterocycles. The summed E-state index contributed by atoms with van der Waals surface area (Å²) in [6.45, 7) is 4.61. The van der Waals surface area contributed by atoms with E-state index in [4.69, 9.17) is 0 Å². The summed E-state index contributed by atoms with van der Waals surface area (Å²) in [5.41, 5.74) is 0.0641. The van der Waals surface area contributed by atoms with E-state index in [0.717, 1.165) is 19.3 Å². The molecule has 110 valence electrons. The van der Waals surface area contributed by atoms with E-state index in [1.807, 2.05) is 6.92 Å². The molecule has 1 fully saturated rings. The average molecular weight is 279 g/mol. The van der Waals surface area contributed by atoms with E-state index in [-0.39, 0.29) is 23.3 Å². The summed E-state index contributed by atoms with van der Waals surface area (Å²) in [5, 5.41) is 5.76. The minimum absolute atomic E-state index is 0.0641. The van der Waals surface area contributed by atoms with Gasteiger partial charge in [-0.25, -0.2) is 9.37 Å². The van der Waals surface area contributed by atoms with Gasteiger partial charge in [-0.3, -0.25) is 4.79 Å². The summed E-state index contributed by atoms with van der Waals surface area (Å²) in [5.74, 6) is -0.162. The lowest BCUT2D eigenvalue weighted by atomic mass is 9.87. The number of aromatic nitrogens is 1. The number of pyridine rings is 1. The Hall–Kier alpha value is -1.65. The maximum absolute atomic E-state index is 14.2. The van der Waals surface area contributed by atoms with Crippen molar-refractivity contribution in [3.63, 3.8) is 0 Å². The van der Waals surface area contributed by atoms with Crippen molar-refractivity contribution in [1.29, 1.82) is 0 Å². The summed E-state index contributed by atoms with van der Waals surface area (Å²) in [4.78, 5) is 16.1. The van der Waals surface area contributed by atoms with Crippen LogP contribution >= 0.6 is 0 Å². The topological polar surface area (TPSA) is 54.0 Å². The minimum Gasteiger partial charge on any atom is -0.368 e. The Bertz CT molecular complexity index is 478. The number of rotatable bonds is 4. The molecule has 4 nitrogen and oxygen atoms in total. The molecule has 1 aliphatic rings. The van der Waals surface area contributed by atoms with E-state index in [2.05, 4.69) is 22.5 Å². The van der Waals surface area contributed by atoms with E-state index >= 15 is 0 Å². The van der Waals surface area contributed by atoms with Crippen molar-refractivity contribution >= 4 is 11.7 Å². The van der Waals surface area contributed by atoms with Crippen molar-refractivity contribution in [1.82, 2.24) is 10.3 Å². The Labute approximate surface area is 119 Å². The van der Waals surface area contributed by atoms with Crippen LogP contribution < -0.4 is 10.6 Å². The fraction of sp³-hybridized carbons (Fsp3) is 0.600. The predicted octanol–water partition coefficient (Wildman–Crippen LogP) is 2.96. The van der Waals surface area contributed by atoms with Crippen LogP contribution in [0, 0.1) is 11.7 Å². The zero-order chi connectivity index (χ0) is 14.5. The second-order valence-electron chi connectivity index (χ2n) is 5.49. The third-order valence-electron chi connectivity index (χ3n) is 3.75. The van der Waals surface area contributed by atoms with E-state index in [1.54, 1.807) is 0 Å². The van der Waals surface area contributed by atoms with Crippen molar-refractivity contribution in [3.8, 4) is 0 Å². The van der Waals surface area contributed by atoms with Gasteiger partial charge in [-0.1, -0.05) is 19.8 Å². The highest BCUT2D eigenvalue weighted by molar-refractivity contribution is 5.95. The molecule has 5 heteroatoms. The van der Waals surface area contributed by atoms with Crippen molar-refractivity contribution in [2.45, 2.75) is 45.6 Å². The number of hydrogen-bond acceptors (Lipinski definition) is 3. The van der Waals surface area contributed by atoms with Crippen LogP contribution in [0.15, 0.2) is 12.3 Å². The van der Waals surface area contributed by atoms with Gasteiger partial charge in [-0.05, 0) is 31.7 Å². The minimum atomic E-state index is -0.573. The molecule has 0 saturated heterocycles. The first-order valence-corrected chi connectivity index (χ1v) is 7.31. The zero-order valence-electron chi connectivity index (χ0n) is 12.1. The van der Waals surface area contributed by atoms with Gasteiger partial charge in [0.05, 0.1) is 5.56 Å². The lowest BCUT2D eigenvalue weighted by Gasteiger charge is -2.27. The van der Waals surface area contributed by atoms with E-state index in [0.29, 0.717) is 12.5 Å². The summed E-state index contributed by atoms with van der Waals surface area (Å²) in [6.07, 6.45) is 5.73. The molecule has 1 amide bonds. The van der Waals surface area contributed by atoms with Crippen molar-refractivity contribution in [3.05, 3.63) is 23.6 Å². The van der Waals surface area contributed by atoms with Crippen LogP contribution in [0.1, 0.15) is 49.9 Å². The van der Waals surface area contributed by atoms with Gasteiger partial charge in [0, 0.05) is 18.8 Å². The fourth-order valence-electron chi connectivity index (χ4n) is 2.74. The maximum atomic E-state index is 14.2. The molecule has 2 unspecified atom stereocenters. The molecule has 0 bridgehead atoms. The van der Waals surface area contributed by atoms with Crippen LogP contribution in [0.5, 0.6) is 0 Å². The van der Waals surface area contributed by atoms with Crippen LogP contribution in [-0.4, -0.2) is 23.5 Å². The number of halogens is 1. The number of hydrogen-bond donors (Lipinski definition) is 2. The monoisotopic (exact) mass is 279 g/mol. The number of carbonyl (C=O) groups excluding carboxylic acids is 1. The summed E-state index contributed by atoms with van der Waals surface area (Å²) in [6, 6.07) is 1.58. The van der Waals surface area contributed by atoms with Crippen LogP contribution in [0.3, 0.4) is 0 Å². The maximum Gasteiger partial charge on any atom is 0.254 e. The molecule has 1 aliphatic carbocycles. The van der Waals surface area contributed by atoms with Gasteiger partial charge in [-0.15, -0.1) is 0 Å². The second-order valence-corrected chi connectivity index (χ2v) is 5.49. The zero-order valence-corrected chi connectivity index (χ0v) is 12.1. The van der Waals surface area contributed by atoms with Crippen molar-refractivity contribution in [2.75, 3.05) is 11.9 Å². The predicted molar refractivity (Wildman–Crippen MR) is 77.2 cm³/mol. The molecule has 1 saturated carbocycles. The molecule has 1 aromatic rings. The Morgan fingerprint density at radius 3 is 3.00 bits per heavy atom. The fourth-order valence-corrected chi connectivity index (χ4v) is 2.74. The largest absolute Gasteiger partial charge is 0.368 e. The van der Waals surface area contributed by atoms with Gasteiger partial charge in [0.2, 0.25) is 0 Å². The van der Waals surface area contributed by atoms with E-state index < -0.39 is 5.82 Å². The van der Waals surface area contributed by atoms with E-state index in [9.17, 15) is 9.18 Å². The number of nitrogens with zero attached hydrogens (tertiary/aromatic N) is 1.